The molecule has 4 nitrogen and oxygen atoms in total. The largest absolute Gasteiger partial charge is 0.313 e. The lowest BCUT2D eigenvalue weighted by Crippen LogP contribution is -2.09. The zero-order valence-electron chi connectivity index (χ0n) is 26.3. The smallest absolute Gasteiger partial charge is 0.101 e. The quantitative estimate of drug-likeness (QED) is 0.198. The van der Waals surface area contributed by atoms with Crippen LogP contribution >= 0.6 is 0 Å². The van der Waals surface area contributed by atoms with Gasteiger partial charge in [-0.25, -0.2) is 0 Å². The molecule has 2 aliphatic rings. The molecule has 0 spiro atoms. The van der Waals surface area contributed by atoms with Crippen molar-refractivity contribution in [3.05, 3.63) is 156 Å². The molecule has 2 aromatic heterocycles. The standard InChI is InChI=1S/C44H30N4/c45-27-29-22-23-35(43(24-29)48-42-21-6-3-17-38(42)39-18-9-13-33(28-46)44(39)48)32-12-7-10-30(25-32)31-11-8-14-34(26-31)47-40-19-4-1-15-36(40)37-16-2-5-20-41(37)47/h1-4,6-19,21-23,25-26,29H,5,20,24H2. The third-order valence-electron chi connectivity index (χ3n) is 9.93. The molecule has 2 aliphatic carbocycles. The third-order valence-corrected chi connectivity index (χ3v) is 9.93. The Bertz CT molecular complexity index is 2630. The van der Waals surface area contributed by atoms with Gasteiger partial charge in [0.1, 0.15) is 6.07 Å². The minimum absolute atomic E-state index is 0.258. The van der Waals surface area contributed by atoms with Crippen LogP contribution in [0.15, 0.2) is 133 Å². The van der Waals surface area contributed by atoms with E-state index in [2.05, 4.69) is 130 Å². The van der Waals surface area contributed by atoms with Gasteiger partial charge in [0.25, 0.3) is 0 Å². The molecule has 5 aromatic carbocycles. The molecular formula is C44H30N4. The summed E-state index contributed by atoms with van der Waals surface area (Å²) in [5, 5.41) is 23.7. The number of rotatable bonds is 4. The highest BCUT2D eigenvalue weighted by Crippen LogP contribution is 2.41. The van der Waals surface area contributed by atoms with E-state index in [1.165, 1.54) is 22.2 Å². The van der Waals surface area contributed by atoms with Crippen molar-refractivity contribution in [2.75, 3.05) is 0 Å². The van der Waals surface area contributed by atoms with Gasteiger partial charge < -0.3 is 9.13 Å². The van der Waals surface area contributed by atoms with Crippen LogP contribution in [0.1, 0.15) is 35.2 Å². The predicted molar refractivity (Wildman–Crippen MR) is 196 cm³/mol. The Hall–Kier alpha value is -6.36. The molecule has 9 rings (SSSR count). The molecule has 226 valence electrons. The van der Waals surface area contributed by atoms with Crippen molar-refractivity contribution in [1.82, 2.24) is 9.13 Å². The highest BCUT2D eigenvalue weighted by Gasteiger charge is 2.24. The van der Waals surface area contributed by atoms with E-state index >= 15 is 0 Å². The average Bonchev–Trinajstić information content (AvgIpc) is 3.68. The van der Waals surface area contributed by atoms with Crippen LogP contribution in [0.3, 0.4) is 0 Å². The Morgan fingerprint density at radius 2 is 1.35 bits per heavy atom. The molecule has 1 unspecified atom stereocenters. The summed E-state index contributed by atoms with van der Waals surface area (Å²) in [5.41, 5.74) is 13.1. The fourth-order valence-electron chi connectivity index (χ4n) is 7.80. The Kier molecular flexibility index (Phi) is 6.49. The highest BCUT2D eigenvalue weighted by atomic mass is 15.0. The molecule has 0 aliphatic heterocycles. The zero-order valence-corrected chi connectivity index (χ0v) is 26.3. The van der Waals surface area contributed by atoms with Crippen LogP contribution in [-0.2, 0) is 6.42 Å². The number of para-hydroxylation sites is 3. The first-order chi connectivity index (χ1) is 23.7. The van der Waals surface area contributed by atoms with Gasteiger partial charge in [0.05, 0.1) is 34.1 Å². The van der Waals surface area contributed by atoms with Gasteiger partial charge in [-0.15, -0.1) is 0 Å². The van der Waals surface area contributed by atoms with Crippen LogP contribution in [0.25, 0.3) is 66.9 Å². The van der Waals surface area contributed by atoms with Crippen molar-refractivity contribution < 1.29 is 0 Å². The first kappa shape index (κ1) is 27.9. The van der Waals surface area contributed by atoms with Crippen molar-refractivity contribution in [1.29, 1.82) is 10.5 Å². The van der Waals surface area contributed by atoms with E-state index < -0.39 is 0 Å². The summed E-state index contributed by atoms with van der Waals surface area (Å²) >= 11 is 0. The third kappa shape index (κ3) is 4.28. The number of hydrogen-bond acceptors (Lipinski definition) is 2. The van der Waals surface area contributed by atoms with E-state index in [1.54, 1.807) is 0 Å². The second-order valence-corrected chi connectivity index (χ2v) is 12.6. The van der Waals surface area contributed by atoms with Crippen LogP contribution in [0, 0.1) is 28.6 Å². The van der Waals surface area contributed by atoms with Gasteiger partial charge in [0, 0.05) is 50.8 Å². The number of aromatic nitrogens is 2. The maximum atomic E-state index is 10.2. The van der Waals surface area contributed by atoms with Crippen LogP contribution in [-0.4, -0.2) is 9.13 Å². The summed E-state index contributed by atoms with van der Waals surface area (Å²) < 4.78 is 4.66. The lowest BCUT2D eigenvalue weighted by molar-refractivity contribution is 0.825. The number of nitrogens with zero attached hydrogens (tertiary/aromatic N) is 4. The summed E-state index contributed by atoms with van der Waals surface area (Å²) in [5.74, 6) is -0.258. The molecule has 0 N–H and O–H groups in total. The van der Waals surface area contributed by atoms with Crippen molar-refractivity contribution in [3.63, 3.8) is 0 Å². The van der Waals surface area contributed by atoms with Crippen LogP contribution in [0.2, 0.25) is 0 Å². The molecule has 0 amide bonds. The second-order valence-electron chi connectivity index (χ2n) is 12.6. The van der Waals surface area contributed by atoms with E-state index in [9.17, 15) is 10.5 Å². The van der Waals surface area contributed by atoms with Crippen LogP contribution in [0.4, 0.5) is 0 Å². The fraction of sp³-hybridized carbons (Fsp3) is 0.0909. The summed E-state index contributed by atoms with van der Waals surface area (Å²) in [6.07, 6.45) is 11.3. The van der Waals surface area contributed by atoms with E-state index in [4.69, 9.17) is 0 Å². The second kappa shape index (κ2) is 11.2. The van der Waals surface area contributed by atoms with Crippen molar-refractivity contribution in [2.45, 2.75) is 19.3 Å². The molecule has 0 fully saturated rings. The molecule has 7 aromatic rings. The molecule has 48 heavy (non-hydrogen) atoms. The van der Waals surface area contributed by atoms with Crippen molar-refractivity contribution in [3.8, 4) is 29.0 Å². The van der Waals surface area contributed by atoms with Crippen LogP contribution in [0.5, 0.6) is 0 Å². The molecule has 2 heterocycles. The van der Waals surface area contributed by atoms with E-state index in [0.717, 1.165) is 68.3 Å². The number of fused-ring (bicyclic) bond motifs is 6. The summed E-state index contributed by atoms with van der Waals surface area (Å²) in [6.45, 7) is 0. The fourth-order valence-corrected chi connectivity index (χ4v) is 7.80. The first-order valence-electron chi connectivity index (χ1n) is 16.5. The van der Waals surface area contributed by atoms with Gasteiger partial charge in [-0.1, -0.05) is 103 Å². The van der Waals surface area contributed by atoms with Crippen molar-refractivity contribution >= 4 is 50.1 Å². The van der Waals surface area contributed by atoms with E-state index in [-0.39, 0.29) is 5.92 Å². The summed E-state index contributed by atoms with van der Waals surface area (Å²) in [6, 6.07) is 45.4. The van der Waals surface area contributed by atoms with Gasteiger partial charge in [-0.3, -0.25) is 0 Å². The number of allylic oxidation sites excluding steroid dienone is 5. The Morgan fingerprint density at radius 3 is 2.19 bits per heavy atom. The monoisotopic (exact) mass is 614 g/mol. The lowest BCUT2D eigenvalue weighted by atomic mass is 9.89. The molecule has 1 atom stereocenters. The number of benzene rings is 5. The van der Waals surface area contributed by atoms with Gasteiger partial charge >= 0.3 is 0 Å². The molecule has 4 heteroatoms. The maximum Gasteiger partial charge on any atom is 0.101 e. The van der Waals surface area contributed by atoms with Crippen molar-refractivity contribution in [2.24, 2.45) is 5.92 Å². The summed E-state index contributed by atoms with van der Waals surface area (Å²) in [7, 11) is 0. The Balaban J connectivity index is 1.22. The van der Waals surface area contributed by atoms with Gasteiger partial charge in [0.2, 0.25) is 0 Å². The van der Waals surface area contributed by atoms with Gasteiger partial charge in [-0.05, 0) is 65.9 Å². The molecule has 0 bridgehead atoms. The number of nitriles is 2. The molecular weight excluding hydrogens is 585 g/mol. The van der Waals surface area contributed by atoms with Crippen LogP contribution < -0.4 is 0 Å². The first-order valence-corrected chi connectivity index (χ1v) is 16.5. The van der Waals surface area contributed by atoms with Gasteiger partial charge in [0.15, 0.2) is 0 Å². The normalized spacial score (nSPS) is 15.6. The highest BCUT2D eigenvalue weighted by molar-refractivity contribution is 6.13. The SMILES string of the molecule is N#Cc1cccc2c3ccccc3n(C3=C(c4cccc(-c5cccc(-n6c7c(c8ccccc86)C=CCC7)c5)c4)C=CC(C#N)C3)c12. The molecule has 0 saturated heterocycles. The van der Waals surface area contributed by atoms with Gasteiger partial charge in [-0.2, -0.15) is 10.5 Å². The number of hydrogen-bond donors (Lipinski definition) is 0. The molecule has 0 saturated carbocycles. The Morgan fingerprint density at radius 1 is 0.646 bits per heavy atom. The zero-order chi connectivity index (χ0) is 32.2. The topological polar surface area (TPSA) is 57.4 Å². The van der Waals surface area contributed by atoms with E-state index in [0.29, 0.717) is 12.0 Å². The maximum absolute atomic E-state index is 10.2. The average molecular weight is 615 g/mol. The predicted octanol–water partition coefficient (Wildman–Crippen LogP) is 10.7. The molecule has 0 radical (unpaired) electrons. The Labute approximate surface area is 279 Å². The minimum Gasteiger partial charge on any atom is -0.313 e. The lowest BCUT2D eigenvalue weighted by Gasteiger charge is -2.23. The van der Waals surface area contributed by atoms with E-state index in [1.807, 2.05) is 30.3 Å². The summed E-state index contributed by atoms with van der Waals surface area (Å²) in [4.78, 5) is 0. The minimum atomic E-state index is -0.258.